The number of hydrogen-bond acceptors (Lipinski definition) is 3. The highest BCUT2D eigenvalue weighted by Gasteiger charge is 2.29. The van der Waals surface area contributed by atoms with Gasteiger partial charge in [-0.2, -0.15) is 0 Å². The van der Waals surface area contributed by atoms with Crippen LogP contribution in [0.4, 0.5) is 0 Å². The van der Waals surface area contributed by atoms with Gasteiger partial charge in [0, 0.05) is 10.1 Å². The Labute approximate surface area is 150 Å². The summed E-state index contributed by atoms with van der Waals surface area (Å²) in [5.41, 5.74) is 3.01. The molecule has 0 unspecified atom stereocenters. The summed E-state index contributed by atoms with van der Waals surface area (Å²) in [6, 6.07) is 10.8. The van der Waals surface area contributed by atoms with Gasteiger partial charge in [-0.1, -0.05) is 18.2 Å². The smallest absolute Gasteiger partial charge is 0.337 e. The molecule has 2 aromatic carbocycles. The molecule has 3 aromatic rings. The predicted octanol–water partition coefficient (Wildman–Crippen LogP) is 3.02. The van der Waals surface area contributed by atoms with Gasteiger partial charge in [-0.05, 0) is 46.4 Å². The Morgan fingerprint density at radius 1 is 1.29 bits per heavy atom. The molecule has 0 atom stereocenters. The molecular weight excluding hydrogens is 421 g/mol. The fraction of sp³-hybridized carbons (Fsp3) is 0.118. The van der Waals surface area contributed by atoms with E-state index in [0.29, 0.717) is 29.9 Å². The molecule has 0 fully saturated rings. The van der Waals surface area contributed by atoms with E-state index in [1.54, 1.807) is 17.0 Å². The standard InChI is InChI=1S/C17H12IN3O3/c18-11-5-1-3-9-7-21(16(22)14(9)11)8-13-19-12-6-2-4-10(17(23)24)15(12)20-13/h1-6H,7-8H2,(H,19,20)(H,23,24). The van der Waals surface area contributed by atoms with Gasteiger partial charge in [0.15, 0.2) is 0 Å². The van der Waals surface area contributed by atoms with Crippen LogP contribution in [0.15, 0.2) is 36.4 Å². The number of para-hydroxylation sites is 1. The van der Waals surface area contributed by atoms with Crippen LogP contribution in [0.25, 0.3) is 11.0 Å². The van der Waals surface area contributed by atoms with Crippen LogP contribution in [-0.4, -0.2) is 31.9 Å². The lowest BCUT2D eigenvalue weighted by atomic mass is 10.1. The molecule has 0 bridgehead atoms. The minimum Gasteiger partial charge on any atom is -0.478 e. The Bertz CT molecular complexity index is 996. The summed E-state index contributed by atoms with van der Waals surface area (Å²) in [4.78, 5) is 33.1. The monoisotopic (exact) mass is 433 g/mol. The number of hydrogen-bond donors (Lipinski definition) is 2. The van der Waals surface area contributed by atoms with Gasteiger partial charge in [0.25, 0.3) is 5.91 Å². The third-order valence-corrected chi connectivity index (χ3v) is 5.00. The van der Waals surface area contributed by atoms with Crippen molar-refractivity contribution < 1.29 is 14.7 Å². The predicted molar refractivity (Wildman–Crippen MR) is 95.8 cm³/mol. The van der Waals surface area contributed by atoms with Gasteiger partial charge in [-0.25, -0.2) is 9.78 Å². The van der Waals surface area contributed by atoms with E-state index in [2.05, 4.69) is 32.6 Å². The Hall–Kier alpha value is -2.42. The summed E-state index contributed by atoms with van der Waals surface area (Å²) >= 11 is 2.17. The first-order valence-corrected chi connectivity index (χ1v) is 8.40. The van der Waals surface area contributed by atoms with Crippen LogP contribution in [-0.2, 0) is 13.1 Å². The lowest BCUT2D eigenvalue weighted by Gasteiger charge is -2.13. The number of rotatable bonds is 3. The summed E-state index contributed by atoms with van der Waals surface area (Å²) < 4.78 is 0.940. The zero-order valence-electron chi connectivity index (χ0n) is 12.4. The van der Waals surface area contributed by atoms with Crippen LogP contribution < -0.4 is 0 Å². The molecule has 0 saturated carbocycles. The average Bonchev–Trinajstić information content (AvgIpc) is 3.09. The maximum atomic E-state index is 12.6. The number of aromatic carboxylic acids is 1. The van der Waals surface area contributed by atoms with E-state index in [4.69, 9.17) is 0 Å². The van der Waals surface area contributed by atoms with E-state index in [1.807, 2.05) is 18.2 Å². The van der Waals surface area contributed by atoms with Crippen molar-refractivity contribution >= 4 is 45.5 Å². The number of H-pyrrole nitrogens is 1. The van der Waals surface area contributed by atoms with Gasteiger partial charge < -0.3 is 15.0 Å². The van der Waals surface area contributed by atoms with Gasteiger partial charge in [0.1, 0.15) is 5.82 Å². The van der Waals surface area contributed by atoms with Gasteiger partial charge >= 0.3 is 5.97 Å². The zero-order chi connectivity index (χ0) is 16.8. The van der Waals surface area contributed by atoms with Crippen molar-refractivity contribution in [2.75, 3.05) is 0 Å². The molecule has 4 rings (SSSR count). The second kappa shape index (κ2) is 5.59. The molecule has 2 N–H and O–H groups in total. The van der Waals surface area contributed by atoms with Crippen molar-refractivity contribution in [3.8, 4) is 0 Å². The van der Waals surface area contributed by atoms with Crippen LogP contribution in [0, 0.1) is 3.57 Å². The van der Waals surface area contributed by atoms with Crippen molar-refractivity contribution in [1.29, 1.82) is 0 Å². The number of carboxylic acid groups (broad SMARTS) is 1. The summed E-state index contributed by atoms with van der Waals surface area (Å²) in [5.74, 6) is -0.446. The number of amides is 1. The molecule has 0 spiro atoms. The second-order valence-electron chi connectivity index (χ2n) is 5.62. The number of carbonyl (C=O) groups is 2. The summed E-state index contributed by atoms with van der Waals surface area (Å²) in [5, 5.41) is 9.25. The van der Waals surface area contributed by atoms with Gasteiger partial charge in [-0.3, -0.25) is 4.79 Å². The Balaban J connectivity index is 1.67. The maximum Gasteiger partial charge on any atom is 0.337 e. The van der Waals surface area contributed by atoms with Crippen molar-refractivity contribution in [2.24, 2.45) is 0 Å². The normalized spacial score (nSPS) is 13.5. The molecule has 7 heteroatoms. The number of nitrogens with zero attached hydrogens (tertiary/aromatic N) is 2. The molecule has 6 nitrogen and oxygen atoms in total. The number of halogens is 1. The minimum absolute atomic E-state index is 0.0195. The first-order valence-electron chi connectivity index (χ1n) is 7.32. The van der Waals surface area contributed by atoms with Crippen LogP contribution in [0.3, 0.4) is 0 Å². The molecule has 0 aliphatic carbocycles. The number of nitrogens with one attached hydrogen (secondary N) is 1. The number of benzene rings is 2. The second-order valence-corrected chi connectivity index (χ2v) is 6.79. The van der Waals surface area contributed by atoms with Crippen molar-refractivity contribution in [3.63, 3.8) is 0 Å². The number of fused-ring (bicyclic) bond motifs is 2. The molecule has 120 valence electrons. The molecule has 0 saturated heterocycles. The van der Waals surface area contributed by atoms with E-state index >= 15 is 0 Å². The zero-order valence-corrected chi connectivity index (χ0v) is 14.6. The molecule has 0 radical (unpaired) electrons. The van der Waals surface area contributed by atoms with E-state index < -0.39 is 5.97 Å². The first-order chi connectivity index (χ1) is 11.5. The summed E-state index contributed by atoms with van der Waals surface area (Å²) in [7, 11) is 0. The largest absolute Gasteiger partial charge is 0.478 e. The fourth-order valence-corrected chi connectivity index (χ4v) is 3.80. The van der Waals surface area contributed by atoms with Crippen molar-refractivity contribution in [1.82, 2.24) is 14.9 Å². The number of aromatic amines is 1. The molecule has 24 heavy (non-hydrogen) atoms. The average molecular weight is 433 g/mol. The van der Waals surface area contributed by atoms with Crippen LogP contribution in [0.5, 0.6) is 0 Å². The van der Waals surface area contributed by atoms with E-state index in [9.17, 15) is 14.7 Å². The Morgan fingerprint density at radius 2 is 2.08 bits per heavy atom. The molecule has 1 aliphatic heterocycles. The van der Waals surface area contributed by atoms with E-state index in [-0.39, 0.29) is 11.5 Å². The number of aromatic nitrogens is 2. The SMILES string of the molecule is O=C(O)c1cccc2nc(CN3Cc4cccc(I)c4C3=O)[nH]c12. The Morgan fingerprint density at radius 3 is 2.83 bits per heavy atom. The highest BCUT2D eigenvalue weighted by molar-refractivity contribution is 14.1. The topological polar surface area (TPSA) is 86.3 Å². The summed E-state index contributed by atoms with van der Waals surface area (Å²) in [6.45, 7) is 0.852. The van der Waals surface area contributed by atoms with Crippen LogP contribution in [0.1, 0.15) is 32.1 Å². The highest BCUT2D eigenvalue weighted by Crippen LogP contribution is 2.28. The van der Waals surface area contributed by atoms with Gasteiger partial charge in [0.05, 0.1) is 28.7 Å². The fourth-order valence-electron chi connectivity index (χ4n) is 3.02. The lowest BCUT2D eigenvalue weighted by Crippen LogP contribution is -2.24. The highest BCUT2D eigenvalue weighted by atomic mass is 127. The quantitative estimate of drug-likeness (QED) is 0.622. The van der Waals surface area contributed by atoms with Crippen LogP contribution in [0.2, 0.25) is 0 Å². The van der Waals surface area contributed by atoms with Crippen molar-refractivity contribution in [2.45, 2.75) is 13.1 Å². The van der Waals surface area contributed by atoms with Crippen LogP contribution >= 0.6 is 22.6 Å². The number of carbonyl (C=O) groups excluding carboxylic acids is 1. The molecule has 1 aromatic heterocycles. The maximum absolute atomic E-state index is 12.6. The molecule has 1 aliphatic rings. The number of carboxylic acids is 1. The molecular formula is C17H12IN3O3. The molecule has 2 heterocycles. The van der Waals surface area contributed by atoms with Gasteiger partial charge in [-0.15, -0.1) is 0 Å². The van der Waals surface area contributed by atoms with Gasteiger partial charge in [0.2, 0.25) is 0 Å². The number of imidazole rings is 1. The third-order valence-electron chi connectivity index (χ3n) is 4.10. The first kappa shape index (κ1) is 15.1. The minimum atomic E-state index is -1.00. The van der Waals surface area contributed by atoms with Crippen molar-refractivity contribution in [3.05, 3.63) is 62.5 Å². The van der Waals surface area contributed by atoms with E-state index in [0.717, 1.165) is 14.7 Å². The van der Waals surface area contributed by atoms with E-state index in [1.165, 1.54) is 6.07 Å². The third kappa shape index (κ3) is 2.35. The molecule has 1 amide bonds. The Kier molecular flexibility index (Phi) is 3.52. The lowest BCUT2D eigenvalue weighted by molar-refractivity contribution is 0.0697. The summed E-state index contributed by atoms with van der Waals surface area (Å²) in [6.07, 6.45) is 0.